The number of rotatable bonds is 3. The summed E-state index contributed by atoms with van der Waals surface area (Å²) in [6.45, 7) is 0. The number of hydrogen-bond donors (Lipinski definition) is 1. The monoisotopic (exact) mass is 313 g/mol. The first kappa shape index (κ1) is 12.8. The summed E-state index contributed by atoms with van der Waals surface area (Å²) in [6, 6.07) is 7.84. The van der Waals surface area contributed by atoms with Gasteiger partial charge in [-0.3, -0.25) is 0 Å². The third kappa shape index (κ3) is 1.85. The molecule has 0 aliphatic heterocycles. The van der Waals surface area contributed by atoms with Crippen LogP contribution in [0.1, 0.15) is 0 Å². The third-order valence-electron chi connectivity index (χ3n) is 3.56. The summed E-state index contributed by atoms with van der Waals surface area (Å²) in [6.07, 6.45) is 3.63. The lowest BCUT2D eigenvalue weighted by molar-refractivity contribution is -0.389. The van der Waals surface area contributed by atoms with Crippen molar-refractivity contribution in [1.82, 2.24) is 14.0 Å². The molecule has 1 aromatic carbocycles. The highest BCUT2D eigenvalue weighted by Crippen LogP contribution is 2.31. The molecule has 3 heterocycles. The Balaban J connectivity index is 1.81. The normalized spacial score (nSPS) is 11.3. The van der Waals surface area contributed by atoms with E-state index >= 15 is 0 Å². The molecule has 0 unspecified atom stereocenters. The number of aryl methyl sites for hydroxylation is 1. The fourth-order valence-corrected chi connectivity index (χ4v) is 3.22. The van der Waals surface area contributed by atoms with Crippen molar-refractivity contribution in [2.45, 2.75) is 0 Å². The van der Waals surface area contributed by atoms with Crippen molar-refractivity contribution in [2.75, 3.05) is 5.32 Å². The third-order valence-corrected chi connectivity index (χ3v) is 4.32. The number of aromatic nitrogens is 3. The van der Waals surface area contributed by atoms with Crippen LogP contribution < -0.4 is 5.32 Å². The maximum absolute atomic E-state index is 11.3. The lowest BCUT2D eigenvalue weighted by Crippen LogP contribution is -1.98. The highest BCUT2D eigenvalue weighted by atomic mass is 32.1. The summed E-state index contributed by atoms with van der Waals surface area (Å²) in [4.78, 5) is 15.8. The Morgan fingerprint density at radius 3 is 3.00 bits per heavy atom. The SMILES string of the molecule is Cn1ccc2ccc(Nc3nc4sccn4c3[N+](=O)[O-])cc21. The number of benzene rings is 1. The summed E-state index contributed by atoms with van der Waals surface area (Å²) in [5, 5.41) is 17.3. The van der Waals surface area contributed by atoms with Crippen LogP contribution >= 0.6 is 11.3 Å². The van der Waals surface area contributed by atoms with Crippen LogP contribution in [0.5, 0.6) is 0 Å². The second kappa shape index (κ2) is 4.57. The van der Waals surface area contributed by atoms with E-state index in [4.69, 9.17) is 0 Å². The Bertz CT molecular complexity index is 1010. The molecule has 0 bridgehead atoms. The van der Waals surface area contributed by atoms with Gasteiger partial charge in [0.1, 0.15) is 6.20 Å². The van der Waals surface area contributed by atoms with E-state index in [9.17, 15) is 10.1 Å². The first-order valence-electron chi connectivity index (χ1n) is 6.55. The number of fused-ring (bicyclic) bond motifs is 2. The fourth-order valence-electron chi connectivity index (χ4n) is 2.51. The summed E-state index contributed by atoms with van der Waals surface area (Å²) in [7, 11) is 1.96. The van der Waals surface area contributed by atoms with Crippen molar-refractivity contribution < 1.29 is 4.92 Å². The Kier molecular flexibility index (Phi) is 2.67. The van der Waals surface area contributed by atoms with E-state index in [1.807, 2.05) is 42.1 Å². The summed E-state index contributed by atoms with van der Waals surface area (Å²) in [5.74, 6) is 0.202. The molecule has 0 radical (unpaired) electrons. The predicted octanol–water partition coefficient (Wildman–Crippen LogP) is 3.54. The molecule has 110 valence electrons. The number of thiazole rings is 1. The van der Waals surface area contributed by atoms with Crippen molar-refractivity contribution >= 4 is 44.5 Å². The van der Waals surface area contributed by atoms with Gasteiger partial charge in [-0.15, -0.1) is 0 Å². The molecular formula is C14H11N5O2S. The lowest BCUT2D eigenvalue weighted by Gasteiger charge is -2.05. The maximum Gasteiger partial charge on any atom is 0.373 e. The lowest BCUT2D eigenvalue weighted by atomic mass is 10.2. The van der Waals surface area contributed by atoms with Crippen LogP contribution in [0.15, 0.2) is 42.0 Å². The van der Waals surface area contributed by atoms with Gasteiger partial charge in [0, 0.05) is 29.8 Å². The molecule has 0 amide bonds. The average molecular weight is 313 g/mol. The predicted molar refractivity (Wildman–Crippen MR) is 85.9 cm³/mol. The smallest absolute Gasteiger partial charge is 0.358 e. The van der Waals surface area contributed by atoms with Gasteiger partial charge in [0.05, 0.1) is 0 Å². The number of nitro groups is 1. The molecule has 3 aromatic heterocycles. The second-order valence-electron chi connectivity index (χ2n) is 4.92. The molecule has 0 saturated heterocycles. The average Bonchev–Trinajstić information content (AvgIpc) is 3.14. The Hall–Kier alpha value is -2.87. The molecule has 22 heavy (non-hydrogen) atoms. The highest BCUT2D eigenvalue weighted by molar-refractivity contribution is 7.15. The van der Waals surface area contributed by atoms with Gasteiger partial charge in [0.25, 0.3) is 4.96 Å². The maximum atomic E-state index is 11.3. The quantitative estimate of drug-likeness (QED) is 0.463. The van der Waals surface area contributed by atoms with Gasteiger partial charge >= 0.3 is 5.82 Å². The van der Waals surface area contributed by atoms with Gasteiger partial charge in [-0.2, -0.15) is 9.38 Å². The van der Waals surface area contributed by atoms with Crippen LogP contribution in [0.25, 0.3) is 15.9 Å². The molecule has 0 aliphatic rings. The second-order valence-corrected chi connectivity index (χ2v) is 5.79. The molecule has 0 aliphatic carbocycles. The molecule has 4 rings (SSSR count). The molecule has 8 heteroatoms. The summed E-state index contributed by atoms with van der Waals surface area (Å²) < 4.78 is 3.48. The fraction of sp³-hybridized carbons (Fsp3) is 0.0714. The van der Waals surface area contributed by atoms with Crippen LogP contribution in [-0.4, -0.2) is 18.9 Å². The zero-order valence-corrected chi connectivity index (χ0v) is 12.4. The van der Waals surface area contributed by atoms with Crippen molar-refractivity contribution in [2.24, 2.45) is 7.05 Å². The minimum atomic E-state index is -0.421. The molecule has 0 atom stereocenters. The topological polar surface area (TPSA) is 77.4 Å². The minimum Gasteiger partial charge on any atom is -0.358 e. The van der Waals surface area contributed by atoms with E-state index in [-0.39, 0.29) is 11.6 Å². The zero-order chi connectivity index (χ0) is 15.3. The Morgan fingerprint density at radius 2 is 2.18 bits per heavy atom. The van der Waals surface area contributed by atoms with Crippen molar-refractivity contribution in [1.29, 1.82) is 0 Å². The number of nitrogens with one attached hydrogen (secondary N) is 1. The molecular weight excluding hydrogens is 302 g/mol. The standard InChI is InChI=1S/C14H11N5O2S/c1-17-5-4-9-2-3-10(8-11(9)17)15-12-13(19(20)21)18-6-7-22-14(18)16-12/h2-8,15H,1H3. The van der Waals surface area contributed by atoms with Gasteiger partial charge in [0.2, 0.25) is 5.82 Å². The molecule has 4 aromatic rings. The first-order chi connectivity index (χ1) is 10.6. The number of nitrogens with zero attached hydrogens (tertiary/aromatic N) is 4. The molecule has 0 spiro atoms. The molecule has 0 saturated carbocycles. The largest absolute Gasteiger partial charge is 0.373 e. The van der Waals surface area contributed by atoms with Crippen LogP contribution in [0.2, 0.25) is 0 Å². The first-order valence-corrected chi connectivity index (χ1v) is 7.43. The number of anilines is 2. The minimum absolute atomic E-state index is 0.0526. The van der Waals surface area contributed by atoms with Crippen molar-refractivity contribution in [3.63, 3.8) is 0 Å². The van der Waals surface area contributed by atoms with E-state index in [2.05, 4.69) is 10.3 Å². The Morgan fingerprint density at radius 1 is 1.32 bits per heavy atom. The van der Waals surface area contributed by atoms with E-state index in [1.54, 1.807) is 11.6 Å². The van der Waals surface area contributed by atoms with Crippen LogP contribution in [0, 0.1) is 10.1 Å². The van der Waals surface area contributed by atoms with Crippen LogP contribution in [0.3, 0.4) is 0 Å². The zero-order valence-electron chi connectivity index (χ0n) is 11.6. The van der Waals surface area contributed by atoms with Gasteiger partial charge in [-0.05, 0) is 28.5 Å². The molecule has 1 N–H and O–H groups in total. The molecule has 7 nitrogen and oxygen atoms in total. The van der Waals surface area contributed by atoms with Crippen LogP contribution in [-0.2, 0) is 7.05 Å². The van der Waals surface area contributed by atoms with Gasteiger partial charge in [-0.1, -0.05) is 17.4 Å². The van der Waals surface area contributed by atoms with Crippen molar-refractivity contribution in [3.05, 3.63) is 52.2 Å². The number of imidazole rings is 1. The van der Waals surface area contributed by atoms with Crippen LogP contribution in [0.4, 0.5) is 17.3 Å². The highest BCUT2D eigenvalue weighted by Gasteiger charge is 2.23. The van der Waals surface area contributed by atoms with E-state index in [0.717, 1.165) is 16.6 Å². The van der Waals surface area contributed by atoms with E-state index < -0.39 is 4.92 Å². The van der Waals surface area contributed by atoms with Gasteiger partial charge in [-0.25, -0.2) is 0 Å². The van der Waals surface area contributed by atoms with E-state index in [1.165, 1.54) is 15.7 Å². The molecule has 0 fully saturated rings. The van der Waals surface area contributed by atoms with Gasteiger partial charge < -0.3 is 20.0 Å². The van der Waals surface area contributed by atoms with E-state index in [0.29, 0.717) is 4.96 Å². The number of hydrogen-bond acceptors (Lipinski definition) is 5. The van der Waals surface area contributed by atoms with Crippen molar-refractivity contribution in [3.8, 4) is 0 Å². The summed E-state index contributed by atoms with van der Waals surface area (Å²) >= 11 is 1.36. The summed E-state index contributed by atoms with van der Waals surface area (Å²) in [5.41, 5.74) is 1.82. The Labute approximate surface area is 128 Å². The van der Waals surface area contributed by atoms with Gasteiger partial charge in [0.15, 0.2) is 0 Å².